The Morgan fingerprint density at radius 2 is 2.27 bits per heavy atom. The maximum atomic E-state index is 4.64. The second-order valence-corrected chi connectivity index (χ2v) is 5.06. The van der Waals surface area contributed by atoms with Crippen LogP contribution < -0.4 is 0 Å². The lowest BCUT2D eigenvalue weighted by Gasteiger charge is -2.19. The molecule has 0 saturated carbocycles. The van der Waals surface area contributed by atoms with Crippen LogP contribution in [0, 0.1) is 0 Å². The summed E-state index contributed by atoms with van der Waals surface area (Å²) < 4.78 is 1.94. The molecule has 0 fully saturated rings. The van der Waals surface area contributed by atoms with E-state index in [0.29, 0.717) is 0 Å². The summed E-state index contributed by atoms with van der Waals surface area (Å²) in [5.41, 5.74) is 1.33. The zero-order chi connectivity index (χ0) is 10.9. The van der Waals surface area contributed by atoms with Gasteiger partial charge < -0.3 is 0 Å². The zero-order valence-corrected chi connectivity index (χ0v) is 10.1. The highest BCUT2D eigenvalue weighted by atomic mass is 32.1. The quantitative estimate of drug-likeness (QED) is 0.797. The fraction of sp³-hybridized carbons (Fsp3) is 0.455. The molecule has 0 bridgehead atoms. The predicted molar refractivity (Wildman–Crippen MR) is 62.6 cm³/mol. The minimum Gasteiger partial charge on any atom is -0.282 e. The molecule has 0 N–H and O–H groups in total. The van der Waals surface area contributed by atoms with Crippen LogP contribution >= 0.6 is 11.3 Å². The molecule has 0 aliphatic heterocycles. The van der Waals surface area contributed by atoms with Crippen molar-refractivity contribution < 1.29 is 0 Å². The van der Waals surface area contributed by atoms with Gasteiger partial charge in [-0.05, 0) is 6.42 Å². The molecule has 2 heterocycles. The van der Waals surface area contributed by atoms with Gasteiger partial charge in [-0.25, -0.2) is 9.97 Å². The van der Waals surface area contributed by atoms with Crippen LogP contribution in [0.25, 0.3) is 5.13 Å². The van der Waals surface area contributed by atoms with Crippen LogP contribution in [0.1, 0.15) is 32.9 Å². The van der Waals surface area contributed by atoms with Crippen molar-refractivity contribution in [2.24, 2.45) is 0 Å². The van der Waals surface area contributed by atoms with Crippen LogP contribution in [-0.2, 0) is 5.41 Å². The van der Waals surface area contributed by atoms with Crippen molar-refractivity contribution in [3.8, 4) is 5.13 Å². The SMILES string of the molecule is CCC(C)(C)c1csc(-n2ccnc2)n1. The summed E-state index contributed by atoms with van der Waals surface area (Å²) in [4.78, 5) is 8.66. The van der Waals surface area contributed by atoms with Gasteiger partial charge in [0.1, 0.15) is 6.33 Å². The summed E-state index contributed by atoms with van der Waals surface area (Å²) in [7, 11) is 0. The van der Waals surface area contributed by atoms with E-state index in [2.05, 4.69) is 36.1 Å². The van der Waals surface area contributed by atoms with Gasteiger partial charge in [0.05, 0.1) is 5.69 Å². The second-order valence-electron chi connectivity index (χ2n) is 4.22. The Morgan fingerprint density at radius 1 is 1.47 bits per heavy atom. The average Bonchev–Trinajstić information content (AvgIpc) is 2.88. The smallest absolute Gasteiger partial charge is 0.195 e. The van der Waals surface area contributed by atoms with Crippen LogP contribution in [0.4, 0.5) is 0 Å². The molecule has 0 aromatic carbocycles. The highest BCUT2D eigenvalue weighted by molar-refractivity contribution is 7.12. The third-order valence-corrected chi connectivity index (χ3v) is 3.65. The van der Waals surface area contributed by atoms with E-state index in [4.69, 9.17) is 0 Å². The molecule has 2 aromatic heterocycles. The van der Waals surface area contributed by atoms with Crippen molar-refractivity contribution >= 4 is 11.3 Å². The zero-order valence-electron chi connectivity index (χ0n) is 9.27. The van der Waals surface area contributed by atoms with E-state index in [1.807, 2.05) is 10.8 Å². The molecule has 2 rings (SSSR count). The van der Waals surface area contributed by atoms with Gasteiger partial charge in [0, 0.05) is 23.2 Å². The fourth-order valence-corrected chi connectivity index (χ4v) is 2.22. The first kappa shape index (κ1) is 10.4. The van der Waals surface area contributed by atoms with Crippen molar-refractivity contribution in [1.29, 1.82) is 0 Å². The van der Waals surface area contributed by atoms with E-state index >= 15 is 0 Å². The van der Waals surface area contributed by atoms with Crippen LogP contribution in [0.5, 0.6) is 0 Å². The fourth-order valence-electron chi connectivity index (χ4n) is 1.25. The van der Waals surface area contributed by atoms with Crippen LogP contribution in [-0.4, -0.2) is 14.5 Å². The number of imidazole rings is 1. The van der Waals surface area contributed by atoms with E-state index in [0.717, 1.165) is 11.6 Å². The maximum Gasteiger partial charge on any atom is 0.195 e. The van der Waals surface area contributed by atoms with E-state index in [1.54, 1.807) is 23.9 Å². The lowest BCUT2D eigenvalue weighted by molar-refractivity contribution is 0.493. The number of thiazole rings is 1. The Hall–Kier alpha value is -1.16. The average molecular weight is 221 g/mol. The lowest BCUT2D eigenvalue weighted by Crippen LogP contribution is -2.15. The number of nitrogens with zero attached hydrogens (tertiary/aromatic N) is 3. The van der Waals surface area contributed by atoms with Gasteiger partial charge in [-0.15, -0.1) is 11.3 Å². The normalized spacial score (nSPS) is 11.9. The van der Waals surface area contributed by atoms with Crippen molar-refractivity contribution in [2.75, 3.05) is 0 Å². The van der Waals surface area contributed by atoms with Gasteiger partial charge in [0.15, 0.2) is 5.13 Å². The van der Waals surface area contributed by atoms with E-state index < -0.39 is 0 Å². The number of hydrogen-bond acceptors (Lipinski definition) is 3. The molecular formula is C11H15N3S. The molecule has 2 aromatic rings. The van der Waals surface area contributed by atoms with Crippen molar-refractivity contribution in [1.82, 2.24) is 14.5 Å². The molecule has 0 unspecified atom stereocenters. The van der Waals surface area contributed by atoms with Crippen molar-refractivity contribution in [3.63, 3.8) is 0 Å². The summed E-state index contributed by atoms with van der Waals surface area (Å²) in [6.45, 7) is 6.63. The van der Waals surface area contributed by atoms with Gasteiger partial charge in [0.25, 0.3) is 0 Å². The lowest BCUT2D eigenvalue weighted by atomic mass is 9.87. The van der Waals surface area contributed by atoms with Gasteiger partial charge in [0.2, 0.25) is 0 Å². The summed E-state index contributed by atoms with van der Waals surface area (Å²) in [6.07, 6.45) is 6.56. The first-order valence-corrected chi connectivity index (χ1v) is 5.96. The molecule has 15 heavy (non-hydrogen) atoms. The van der Waals surface area contributed by atoms with E-state index in [9.17, 15) is 0 Å². The number of aromatic nitrogens is 3. The Kier molecular flexibility index (Phi) is 2.61. The molecule has 0 saturated heterocycles. The third-order valence-electron chi connectivity index (χ3n) is 2.79. The van der Waals surface area contributed by atoms with Gasteiger partial charge in [-0.1, -0.05) is 20.8 Å². The molecule has 0 atom stereocenters. The monoisotopic (exact) mass is 221 g/mol. The van der Waals surface area contributed by atoms with Gasteiger partial charge in [-0.2, -0.15) is 0 Å². The number of hydrogen-bond donors (Lipinski definition) is 0. The Bertz CT molecular complexity index is 428. The first-order chi connectivity index (χ1) is 7.13. The molecule has 0 amide bonds. The van der Waals surface area contributed by atoms with Crippen molar-refractivity contribution in [3.05, 3.63) is 29.8 Å². The minimum absolute atomic E-state index is 0.162. The largest absolute Gasteiger partial charge is 0.282 e. The van der Waals surface area contributed by atoms with E-state index in [-0.39, 0.29) is 5.41 Å². The van der Waals surface area contributed by atoms with Gasteiger partial charge in [-0.3, -0.25) is 4.57 Å². The summed E-state index contributed by atoms with van der Waals surface area (Å²) >= 11 is 1.66. The van der Waals surface area contributed by atoms with E-state index in [1.165, 1.54) is 5.69 Å². The Morgan fingerprint density at radius 3 is 2.87 bits per heavy atom. The molecular weight excluding hydrogens is 206 g/mol. The standard InChI is InChI=1S/C11H15N3S/c1-4-11(2,3)9-7-15-10(13-9)14-6-5-12-8-14/h5-8H,4H2,1-3H3. The summed E-state index contributed by atoms with van der Waals surface area (Å²) in [6, 6.07) is 0. The second kappa shape index (κ2) is 3.77. The van der Waals surface area contributed by atoms with Crippen molar-refractivity contribution in [2.45, 2.75) is 32.6 Å². The molecule has 0 aliphatic carbocycles. The molecule has 0 aliphatic rings. The highest BCUT2D eigenvalue weighted by Crippen LogP contribution is 2.28. The molecule has 4 heteroatoms. The Labute approximate surface area is 93.8 Å². The van der Waals surface area contributed by atoms with Gasteiger partial charge >= 0.3 is 0 Å². The summed E-state index contributed by atoms with van der Waals surface area (Å²) in [5.74, 6) is 0. The third kappa shape index (κ3) is 1.95. The highest BCUT2D eigenvalue weighted by Gasteiger charge is 2.21. The van der Waals surface area contributed by atoms with Crippen LogP contribution in [0.3, 0.4) is 0 Å². The van der Waals surface area contributed by atoms with Crippen LogP contribution in [0.15, 0.2) is 24.1 Å². The summed E-state index contributed by atoms with van der Waals surface area (Å²) in [5, 5.41) is 3.13. The molecule has 80 valence electrons. The molecule has 0 spiro atoms. The molecule has 0 radical (unpaired) electrons. The number of rotatable bonds is 3. The first-order valence-electron chi connectivity index (χ1n) is 5.08. The topological polar surface area (TPSA) is 30.7 Å². The Balaban J connectivity index is 2.33. The predicted octanol–water partition coefficient (Wildman–Crippen LogP) is 3.02. The van der Waals surface area contributed by atoms with Crippen LogP contribution in [0.2, 0.25) is 0 Å². The molecule has 3 nitrogen and oxygen atoms in total. The minimum atomic E-state index is 0.162. The maximum absolute atomic E-state index is 4.64.